The quantitative estimate of drug-likeness (QED) is 0.805. The molecule has 0 aliphatic rings. The summed E-state index contributed by atoms with van der Waals surface area (Å²) >= 11 is 5.82. The van der Waals surface area contributed by atoms with Crippen LogP contribution in [0.4, 0.5) is 10.1 Å². The highest BCUT2D eigenvalue weighted by Crippen LogP contribution is 2.29. The maximum absolute atomic E-state index is 12.8. The molecule has 16 heavy (non-hydrogen) atoms. The molecule has 2 nitrogen and oxygen atoms in total. The minimum atomic E-state index is -0.394. The van der Waals surface area contributed by atoms with Gasteiger partial charge in [-0.3, -0.25) is 0 Å². The van der Waals surface area contributed by atoms with Gasteiger partial charge in [0.25, 0.3) is 0 Å². The SMILES string of the molecule is Nc1ccc(Oc2ccc(F)cc2Cl)cc1. The molecule has 0 bridgehead atoms. The van der Waals surface area contributed by atoms with E-state index in [0.29, 0.717) is 17.2 Å². The normalized spacial score (nSPS) is 10.1. The van der Waals surface area contributed by atoms with Gasteiger partial charge in [0, 0.05) is 5.69 Å². The van der Waals surface area contributed by atoms with Gasteiger partial charge >= 0.3 is 0 Å². The second-order valence-corrected chi connectivity index (χ2v) is 3.65. The summed E-state index contributed by atoms with van der Waals surface area (Å²) in [5.41, 5.74) is 6.19. The average molecular weight is 238 g/mol. The van der Waals surface area contributed by atoms with Gasteiger partial charge in [-0.15, -0.1) is 0 Å². The predicted octanol–water partition coefficient (Wildman–Crippen LogP) is 3.85. The van der Waals surface area contributed by atoms with Crippen LogP contribution in [0.5, 0.6) is 11.5 Å². The van der Waals surface area contributed by atoms with Gasteiger partial charge in [-0.2, -0.15) is 0 Å². The van der Waals surface area contributed by atoms with Crippen LogP contribution in [-0.2, 0) is 0 Å². The van der Waals surface area contributed by atoms with Gasteiger partial charge in [-0.25, -0.2) is 4.39 Å². The number of nitrogens with two attached hydrogens (primary N) is 1. The summed E-state index contributed by atoms with van der Waals surface area (Å²) in [4.78, 5) is 0. The lowest BCUT2D eigenvalue weighted by Gasteiger charge is -2.07. The fourth-order valence-electron chi connectivity index (χ4n) is 1.22. The number of ether oxygens (including phenoxy) is 1. The lowest BCUT2D eigenvalue weighted by molar-refractivity contribution is 0.481. The van der Waals surface area contributed by atoms with Gasteiger partial charge in [0.2, 0.25) is 0 Å². The van der Waals surface area contributed by atoms with E-state index in [1.54, 1.807) is 24.3 Å². The summed E-state index contributed by atoms with van der Waals surface area (Å²) < 4.78 is 18.2. The van der Waals surface area contributed by atoms with E-state index in [-0.39, 0.29) is 5.02 Å². The Morgan fingerprint density at radius 3 is 2.38 bits per heavy atom. The fourth-order valence-corrected chi connectivity index (χ4v) is 1.43. The van der Waals surface area contributed by atoms with Crippen molar-refractivity contribution < 1.29 is 9.13 Å². The van der Waals surface area contributed by atoms with Crippen LogP contribution in [0.2, 0.25) is 5.02 Å². The van der Waals surface area contributed by atoms with E-state index in [1.807, 2.05) is 0 Å². The topological polar surface area (TPSA) is 35.2 Å². The molecule has 0 amide bonds. The van der Waals surface area contributed by atoms with Gasteiger partial charge in [0.1, 0.15) is 17.3 Å². The van der Waals surface area contributed by atoms with E-state index in [0.717, 1.165) is 0 Å². The Morgan fingerprint density at radius 1 is 1.06 bits per heavy atom. The maximum Gasteiger partial charge on any atom is 0.146 e. The van der Waals surface area contributed by atoms with Gasteiger partial charge in [0.05, 0.1) is 5.02 Å². The van der Waals surface area contributed by atoms with Crippen LogP contribution in [0, 0.1) is 5.82 Å². The molecule has 4 heteroatoms. The number of anilines is 1. The summed E-state index contributed by atoms with van der Waals surface area (Å²) in [6.07, 6.45) is 0. The fraction of sp³-hybridized carbons (Fsp3) is 0. The molecule has 0 aromatic heterocycles. The molecule has 0 unspecified atom stereocenters. The molecule has 0 aliphatic carbocycles. The molecule has 0 fully saturated rings. The molecule has 2 rings (SSSR count). The van der Waals surface area contributed by atoms with Crippen molar-refractivity contribution in [3.63, 3.8) is 0 Å². The molecule has 0 heterocycles. The van der Waals surface area contributed by atoms with Crippen LogP contribution < -0.4 is 10.5 Å². The molecule has 82 valence electrons. The zero-order valence-electron chi connectivity index (χ0n) is 8.28. The largest absolute Gasteiger partial charge is 0.456 e. The molecule has 0 saturated carbocycles. The Kier molecular flexibility index (Phi) is 2.97. The summed E-state index contributed by atoms with van der Waals surface area (Å²) in [5.74, 6) is 0.616. The first-order valence-electron chi connectivity index (χ1n) is 4.63. The van der Waals surface area contributed by atoms with Crippen LogP contribution >= 0.6 is 11.6 Å². The van der Waals surface area contributed by atoms with E-state index < -0.39 is 5.82 Å². The lowest BCUT2D eigenvalue weighted by atomic mass is 10.3. The molecule has 0 atom stereocenters. The van der Waals surface area contributed by atoms with Crippen LogP contribution in [-0.4, -0.2) is 0 Å². The Hall–Kier alpha value is -1.74. The van der Waals surface area contributed by atoms with Gasteiger partial charge in [-0.1, -0.05) is 11.6 Å². The van der Waals surface area contributed by atoms with Crippen molar-refractivity contribution in [3.05, 3.63) is 53.3 Å². The van der Waals surface area contributed by atoms with Crippen LogP contribution in [0.3, 0.4) is 0 Å². The monoisotopic (exact) mass is 237 g/mol. The van der Waals surface area contributed by atoms with Crippen molar-refractivity contribution in [2.24, 2.45) is 0 Å². The molecule has 0 aliphatic heterocycles. The van der Waals surface area contributed by atoms with Crippen molar-refractivity contribution >= 4 is 17.3 Å². The molecule has 0 saturated heterocycles. The average Bonchev–Trinajstić information content (AvgIpc) is 2.25. The third-order valence-electron chi connectivity index (χ3n) is 2.00. The number of nitrogen functional groups attached to an aromatic ring is 1. The summed E-state index contributed by atoms with van der Waals surface area (Å²) in [5, 5.41) is 0.233. The number of rotatable bonds is 2. The van der Waals surface area contributed by atoms with E-state index in [1.165, 1.54) is 18.2 Å². The van der Waals surface area contributed by atoms with Crippen LogP contribution in [0.25, 0.3) is 0 Å². The first kappa shape index (κ1) is 10.8. The Balaban J connectivity index is 2.23. The van der Waals surface area contributed by atoms with E-state index in [2.05, 4.69) is 0 Å². The van der Waals surface area contributed by atoms with Crippen LogP contribution in [0.15, 0.2) is 42.5 Å². The van der Waals surface area contributed by atoms with Crippen molar-refractivity contribution in [2.75, 3.05) is 5.73 Å². The van der Waals surface area contributed by atoms with Crippen molar-refractivity contribution in [2.45, 2.75) is 0 Å². The highest BCUT2D eigenvalue weighted by molar-refractivity contribution is 6.32. The molecule has 2 aromatic rings. The van der Waals surface area contributed by atoms with Crippen LogP contribution in [0.1, 0.15) is 0 Å². The third kappa shape index (κ3) is 2.44. The van der Waals surface area contributed by atoms with E-state index >= 15 is 0 Å². The molecule has 2 N–H and O–H groups in total. The molecular formula is C12H9ClFNO. The van der Waals surface area contributed by atoms with Gasteiger partial charge in [0.15, 0.2) is 0 Å². The first-order chi connectivity index (χ1) is 7.65. The highest BCUT2D eigenvalue weighted by atomic mass is 35.5. The second kappa shape index (κ2) is 4.41. The first-order valence-corrected chi connectivity index (χ1v) is 5.01. The number of halogens is 2. The third-order valence-corrected chi connectivity index (χ3v) is 2.30. The highest BCUT2D eigenvalue weighted by Gasteiger charge is 2.04. The molecule has 0 radical (unpaired) electrons. The summed E-state index contributed by atoms with van der Waals surface area (Å²) in [6, 6.07) is 10.8. The maximum atomic E-state index is 12.8. The van der Waals surface area contributed by atoms with Crippen molar-refractivity contribution in [1.82, 2.24) is 0 Å². The van der Waals surface area contributed by atoms with Gasteiger partial charge in [-0.05, 0) is 42.5 Å². The Morgan fingerprint density at radius 2 is 1.75 bits per heavy atom. The summed E-state index contributed by atoms with van der Waals surface area (Å²) in [7, 11) is 0. The predicted molar refractivity (Wildman–Crippen MR) is 62.3 cm³/mol. The Bertz CT molecular complexity index is 499. The molecular weight excluding hydrogens is 229 g/mol. The van der Waals surface area contributed by atoms with Gasteiger partial charge < -0.3 is 10.5 Å². The van der Waals surface area contributed by atoms with Crippen molar-refractivity contribution in [1.29, 1.82) is 0 Å². The standard InChI is InChI=1S/C12H9ClFNO/c13-11-7-8(14)1-6-12(11)16-10-4-2-9(15)3-5-10/h1-7H,15H2. The zero-order chi connectivity index (χ0) is 11.5. The van der Waals surface area contributed by atoms with E-state index in [9.17, 15) is 4.39 Å². The number of hydrogen-bond acceptors (Lipinski definition) is 2. The number of benzene rings is 2. The zero-order valence-corrected chi connectivity index (χ0v) is 9.04. The lowest BCUT2D eigenvalue weighted by Crippen LogP contribution is -1.87. The number of hydrogen-bond donors (Lipinski definition) is 1. The van der Waals surface area contributed by atoms with Crippen molar-refractivity contribution in [3.8, 4) is 11.5 Å². The Labute approximate surface area is 97.4 Å². The smallest absolute Gasteiger partial charge is 0.146 e. The minimum absolute atomic E-state index is 0.233. The summed E-state index contributed by atoms with van der Waals surface area (Å²) in [6.45, 7) is 0. The molecule has 0 spiro atoms. The second-order valence-electron chi connectivity index (χ2n) is 3.25. The molecule has 2 aromatic carbocycles. The minimum Gasteiger partial charge on any atom is -0.456 e. The van der Waals surface area contributed by atoms with E-state index in [4.69, 9.17) is 22.1 Å².